The van der Waals surface area contributed by atoms with Crippen LogP contribution in [-0.4, -0.2) is 55.2 Å². The van der Waals surface area contributed by atoms with E-state index in [1.54, 1.807) is 18.2 Å². The van der Waals surface area contributed by atoms with Crippen LogP contribution in [0.5, 0.6) is 11.5 Å². The topological polar surface area (TPSA) is 160 Å². The SMILES string of the molecule is O=C(NCC(CS(=O)(=O)CC1CCCC1)OP(=O)(O)O)Nc1ccc2c(c1)OCO2. The summed E-state index contributed by atoms with van der Waals surface area (Å²) in [6.07, 6.45) is 2.20. The first-order chi connectivity index (χ1) is 14.1. The molecule has 2 amide bonds. The van der Waals surface area contributed by atoms with E-state index < -0.39 is 42.1 Å². The lowest BCUT2D eigenvalue weighted by molar-refractivity contribution is 0.145. The lowest BCUT2D eigenvalue weighted by atomic mass is 10.1. The van der Waals surface area contributed by atoms with E-state index in [9.17, 15) is 17.8 Å². The van der Waals surface area contributed by atoms with Crippen LogP contribution in [-0.2, 0) is 18.9 Å². The molecule has 1 unspecified atom stereocenters. The zero-order chi connectivity index (χ0) is 21.8. The summed E-state index contributed by atoms with van der Waals surface area (Å²) >= 11 is 0. The van der Waals surface area contributed by atoms with E-state index in [0.29, 0.717) is 17.2 Å². The van der Waals surface area contributed by atoms with Crippen LogP contribution in [0.4, 0.5) is 10.5 Å². The van der Waals surface area contributed by atoms with E-state index in [1.165, 1.54) is 0 Å². The summed E-state index contributed by atoms with van der Waals surface area (Å²) in [5, 5.41) is 4.91. The van der Waals surface area contributed by atoms with Crippen molar-refractivity contribution in [1.82, 2.24) is 5.32 Å². The Morgan fingerprint density at radius 1 is 1.23 bits per heavy atom. The van der Waals surface area contributed by atoms with Gasteiger partial charge in [0.25, 0.3) is 0 Å². The van der Waals surface area contributed by atoms with Gasteiger partial charge in [0, 0.05) is 18.3 Å². The van der Waals surface area contributed by atoms with E-state index in [2.05, 4.69) is 15.2 Å². The fourth-order valence-electron chi connectivity index (χ4n) is 3.56. The number of amides is 2. The highest BCUT2D eigenvalue weighted by Gasteiger charge is 2.30. The second-order valence-corrected chi connectivity index (χ2v) is 10.7. The summed E-state index contributed by atoms with van der Waals surface area (Å²) in [7, 11) is -8.57. The summed E-state index contributed by atoms with van der Waals surface area (Å²) in [6.45, 7) is -0.312. The fourth-order valence-corrected chi connectivity index (χ4v) is 6.14. The Hall–Kier alpha value is -1.85. The van der Waals surface area contributed by atoms with Gasteiger partial charge in [-0.3, -0.25) is 4.52 Å². The Morgan fingerprint density at radius 3 is 2.63 bits per heavy atom. The Labute approximate surface area is 174 Å². The smallest absolute Gasteiger partial charge is 0.454 e. The molecule has 0 spiro atoms. The van der Waals surface area contributed by atoms with E-state index in [1.807, 2.05) is 0 Å². The summed E-state index contributed by atoms with van der Waals surface area (Å²) in [4.78, 5) is 30.3. The van der Waals surface area contributed by atoms with Crippen molar-refractivity contribution in [2.24, 2.45) is 5.92 Å². The molecule has 1 aromatic carbocycles. The number of urea groups is 1. The molecular weight excluding hydrogens is 439 g/mol. The number of rotatable bonds is 9. The Morgan fingerprint density at radius 2 is 1.93 bits per heavy atom. The largest absolute Gasteiger partial charge is 0.469 e. The van der Waals surface area contributed by atoms with Crippen LogP contribution in [0, 0.1) is 5.92 Å². The van der Waals surface area contributed by atoms with E-state index >= 15 is 0 Å². The number of phosphoric ester groups is 1. The molecule has 1 aromatic rings. The van der Waals surface area contributed by atoms with Gasteiger partial charge in [0.05, 0.1) is 11.5 Å². The monoisotopic (exact) mass is 464 g/mol. The Kier molecular flexibility index (Phi) is 7.25. The van der Waals surface area contributed by atoms with Crippen LogP contribution >= 0.6 is 7.82 Å². The number of hydrogen-bond acceptors (Lipinski definition) is 7. The molecule has 0 aromatic heterocycles. The number of sulfone groups is 1. The molecule has 1 saturated carbocycles. The van der Waals surface area contributed by atoms with Gasteiger partial charge in [0.15, 0.2) is 21.3 Å². The van der Waals surface area contributed by atoms with Gasteiger partial charge in [-0.1, -0.05) is 12.8 Å². The van der Waals surface area contributed by atoms with Gasteiger partial charge < -0.3 is 29.9 Å². The third-order valence-corrected chi connectivity index (χ3v) is 7.24. The van der Waals surface area contributed by atoms with Crippen LogP contribution in [0.1, 0.15) is 25.7 Å². The van der Waals surface area contributed by atoms with Crippen molar-refractivity contribution < 1.29 is 41.6 Å². The van der Waals surface area contributed by atoms with Crippen LogP contribution in [0.3, 0.4) is 0 Å². The number of fused-ring (bicyclic) bond motifs is 1. The Bertz CT molecular complexity index is 912. The molecule has 1 aliphatic heterocycles. The predicted octanol–water partition coefficient (Wildman–Crippen LogP) is 1.62. The molecule has 0 bridgehead atoms. The second kappa shape index (κ2) is 9.52. The van der Waals surface area contributed by atoms with Gasteiger partial charge in [-0.05, 0) is 30.9 Å². The lowest BCUT2D eigenvalue weighted by Gasteiger charge is -2.20. The normalized spacial score (nSPS) is 17.7. The Balaban J connectivity index is 1.56. The van der Waals surface area contributed by atoms with Crippen molar-refractivity contribution in [3.8, 4) is 11.5 Å². The summed E-state index contributed by atoms with van der Waals surface area (Å²) < 4.78 is 51.1. The molecule has 0 saturated heterocycles. The van der Waals surface area contributed by atoms with E-state index in [4.69, 9.17) is 19.3 Å². The maximum Gasteiger partial charge on any atom is 0.469 e. The van der Waals surface area contributed by atoms with Crippen LogP contribution in [0.25, 0.3) is 0 Å². The third-order valence-electron chi connectivity index (χ3n) is 4.81. The van der Waals surface area contributed by atoms with Gasteiger partial charge in [0.2, 0.25) is 6.79 Å². The number of benzene rings is 1. The van der Waals surface area contributed by atoms with Gasteiger partial charge in [-0.15, -0.1) is 0 Å². The van der Waals surface area contributed by atoms with Gasteiger partial charge >= 0.3 is 13.9 Å². The second-order valence-electron chi connectivity index (χ2n) is 7.35. The summed E-state index contributed by atoms with van der Waals surface area (Å²) in [5.41, 5.74) is 0.401. The van der Waals surface area contributed by atoms with Gasteiger partial charge in [-0.2, -0.15) is 0 Å². The van der Waals surface area contributed by atoms with Crippen LogP contribution in [0.2, 0.25) is 0 Å². The number of carbonyl (C=O) groups excluding carboxylic acids is 1. The lowest BCUT2D eigenvalue weighted by Crippen LogP contribution is -2.40. The molecule has 11 nitrogen and oxygen atoms in total. The highest BCUT2D eigenvalue weighted by molar-refractivity contribution is 7.91. The minimum absolute atomic E-state index is 0.0490. The van der Waals surface area contributed by atoms with Crippen molar-refractivity contribution in [3.05, 3.63) is 18.2 Å². The molecule has 30 heavy (non-hydrogen) atoms. The number of hydrogen-bond donors (Lipinski definition) is 4. The summed E-state index contributed by atoms with van der Waals surface area (Å²) in [5.74, 6) is 0.404. The molecule has 1 heterocycles. The number of nitrogens with one attached hydrogen (secondary N) is 2. The molecular formula is C17H25N2O9PS. The molecule has 1 atom stereocenters. The molecule has 1 fully saturated rings. The maximum atomic E-state index is 12.4. The van der Waals surface area contributed by atoms with Crippen molar-refractivity contribution in [3.63, 3.8) is 0 Å². The zero-order valence-electron chi connectivity index (χ0n) is 16.2. The van der Waals surface area contributed by atoms with Crippen LogP contribution in [0.15, 0.2) is 18.2 Å². The zero-order valence-corrected chi connectivity index (χ0v) is 17.9. The van der Waals surface area contributed by atoms with Gasteiger partial charge in [-0.25, -0.2) is 17.8 Å². The fraction of sp³-hybridized carbons (Fsp3) is 0.588. The number of carbonyl (C=O) groups is 1. The summed E-state index contributed by atoms with van der Waals surface area (Å²) in [6, 6.07) is 4.06. The molecule has 13 heteroatoms. The third kappa shape index (κ3) is 7.13. The average molecular weight is 464 g/mol. The molecule has 4 N–H and O–H groups in total. The first-order valence-corrected chi connectivity index (χ1v) is 12.8. The highest BCUT2D eigenvalue weighted by atomic mass is 32.2. The number of ether oxygens (including phenoxy) is 2. The van der Waals surface area contributed by atoms with Gasteiger partial charge in [0.1, 0.15) is 6.10 Å². The minimum Gasteiger partial charge on any atom is -0.454 e. The minimum atomic E-state index is -4.95. The van der Waals surface area contributed by atoms with Crippen molar-refractivity contribution in [2.45, 2.75) is 31.8 Å². The van der Waals surface area contributed by atoms with Crippen molar-refractivity contribution in [1.29, 1.82) is 0 Å². The predicted molar refractivity (Wildman–Crippen MR) is 107 cm³/mol. The molecule has 1 aliphatic carbocycles. The number of phosphoric acid groups is 1. The van der Waals surface area contributed by atoms with E-state index in [0.717, 1.165) is 25.7 Å². The quantitative estimate of drug-likeness (QED) is 0.398. The molecule has 3 rings (SSSR count). The molecule has 168 valence electrons. The highest BCUT2D eigenvalue weighted by Crippen LogP contribution is 2.38. The van der Waals surface area contributed by atoms with E-state index in [-0.39, 0.29) is 18.5 Å². The molecule has 2 aliphatic rings. The van der Waals surface area contributed by atoms with Crippen molar-refractivity contribution in [2.75, 3.05) is 30.2 Å². The maximum absolute atomic E-state index is 12.4. The van der Waals surface area contributed by atoms with Crippen molar-refractivity contribution >= 4 is 29.4 Å². The molecule has 0 radical (unpaired) electrons. The first kappa shape index (κ1) is 22.8. The first-order valence-electron chi connectivity index (χ1n) is 9.48. The average Bonchev–Trinajstić information content (AvgIpc) is 3.28. The standard InChI is InChI=1S/C17H25N2O9PS/c20-17(19-13-5-6-15-16(7-13)27-11-26-15)18-8-14(28-29(21,22)23)10-30(24,25)9-12-3-1-2-4-12/h5-7,12,14H,1-4,8-11H2,(H2,18,19,20)(H2,21,22,23). The number of anilines is 1. The van der Waals surface area contributed by atoms with Crippen LogP contribution < -0.4 is 20.1 Å².